The van der Waals surface area contributed by atoms with Gasteiger partial charge in [-0.05, 0) is 25.2 Å². The van der Waals surface area contributed by atoms with Gasteiger partial charge < -0.3 is 9.64 Å². The highest BCUT2D eigenvalue weighted by atomic mass is 16.5. The summed E-state index contributed by atoms with van der Waals surface area (Å²) >= 11 is 0. The molecule has 0 spiro atoms. The van der Waals surface area contributed by atoms with Crippen LogP contribution in [0.15, 0.2) is 33.2 Å². The van der Waals surface area contributed by atoms with Crippen molar-refractivity contribution in [3.05, 3.63) is 23.8 Å². The molecule has 0 aliphatic carbocycles. The highest BCUT2D eigenvalue weighted by Gasteiger charge is 2.35. The van der Waals surface area contributed by atoms with Gasteiger partial charge in [0.15, 0.2) is 0 Å². The predicted octanol–water partition coefficient (Wildman–Crippen LogP) is 1.19. The molecule has 3 aliphatic rings. The Balaban J connectivity index is 1.65. The van der Waals surface area contributed by atoms with Crippen LogP contribution in [0.4, 0.5) is 5.69 Å². The van der Waals surface area contributed by atoms with E-state index in [0.717, 1.165) is 54.6 Å². The Kier molecular flexibility index (Phi) is 3.28. The topological polar surface area (TPSA) is 52.8 Å². The van der Waals surface area contributed by atoms with Gasteiger partial charge >= 0.3 is 0 Å². The Labute approximate surface area is 129 Å². The molecule has 0 bridgehead atoms. The molecule has 0 radical (unpaired) electrons. The molecule has 1 atom stereocenters. The fourth-order valence-electron chi connectivity index (χ4n) is 3.12. The van der Waals surface area contributed by atoms with E-state index in [0.29, 0.717) is 0 Å². The summed E-state index contributed by atoms with van der Waals surface area (Å²) in [5.41, 5.74) is 3.90. The van der Waals surface area contributed by atoms with Crippen molar-refractivity contribution >= 4 is 23.4 Å². The second-order valence-corrected chi connectivity index (χ2v) is 5.84. The molecule has 1 unspecified atom stereocenters. The summed E-state index contributed by atoms with van der Waals surface area (Å²) < 4.78 is 5.32. The number of piperazine rings is 1. The molecule has 1 aromatic rings. The van der Waals surface area contributed by atoms with Crippen LogP contribution in [0, 0.1) is 0 Å². The zero-order chi connectivity index (χ0) is 15.1. The second kappa shape index (κ2) is 5.30. The smallest absolute Gasteiger partial charge is 0.149 e. The first-order chi connectivity index (χ1) is 10.8. The third-order valence-electron chi connectivity index (χ3n) is 4.47. The Bertz CT molecular complexity index is 686. The minimum Gasteiger partial charge on any atom is -0.497 e. The number of aliphatic imine (C=N–C) groups is 3. The Hall–Kier alpha value is -2.05. The van der Waals surface area contributed by atoms with Crippen LogP contribution in [-0.4, -0.2) is 74.1 Å². The molecule has 22 heavy (non-hydrogen) atoms. The van der Waals surface area contributed by atoms with Crippen molar-refractivity contribution in [3.63, 3.8) is 0 Å². The lowest BCUT2D eigenvalue weighted by Gasteiger charge is -2.36. The number of benzene rings is 1. The quantitative estimate of drug-likeness (QED) is 0.824. The summed E-state index contributed by atoms with van der Waals surface area (Å²) in [6.45, 7) is 4.13. The van der Waals surface area contributed by atoms with E-state index in [1.807, 2.05) is 18.2 Å². The zero-order valence-electron chi connectivity index (χ0n) is 12.9. The molecule has 3 heterocycles. The maximum Gasteiger partial charge on any atom is 0.149 e. The summed E-state index contributed by atoms with van der Waals surface area (Å²) in [6, 6.07) is 5.93. The van der Waals surface area contributed by atoms with Gasteiger partial charge in [0.2, 0.25) is 0 Å². The lowest BCUT2D eigenvalue weighted by Crippen LogP contribution is -2.52. The molecule has 4 rings (SSSR count). The maximum absolute atomic E-state index is 5.32. The Morgan fingerprint density at radius 1 is 1.18 bits per heavy atom. The van der Waals surface area contributed by atoms with Crippen molar-refractivity contribution in [2.45, 2.75) is 6.17 Å². The molecular weight excluding hydrogens is 278 g/mol. The van der Waals surface area contributed by atoms with E-state index >= 15 is 0 Å². The van der Waals surface area contributed by atoms with Gasteiger partial charge in [-0.2, -0.15) is 0 Å². The average molecular weight is 297 g/mol. The van der Waals surface area contributed by atoms with E-state index < -0.39 is 0 Å². The molecule has 3 aliphatic heterocycles. The number of ether oxygens (including phenoxy) is 1. The van der Waals surface area contributed by atoms with Crippen LogP contribution in [0.5, 0.6) is 5.75 Å². The summed E-state index contributed by atoms with van der Waals surface area (Å²) in [5, 5.41) is 0. The number of hydrogen-bond acceptors (Lipinski definition) is 6. The molecule has 1 saturated heterocycles. The second-order valence-electron chi connectivity index (χ2n) is 5.84. The monoisotopic (exact) mass is 297 g/mol. The predicted molar refractivity (Wildman–Crippen MR) is 88.0 cm³/mol. The first-order valence-corrected chi connectivity index (χ1v) is 7.55. The van der Waals surface area contributed by atoms with E-state index in [1.165, 1.54) is 0 Å². The molecule has 6 nitrogen and oxygen atoms in total. The molecule has 1 fully saturated rings. The van der Waals surface area contributed by atoms with E-state index in [-0.39, 0.29) is 6.17 Å². The van der Waals surface area contributed by atoms with Crippen LogP contribution in [-0.2, 0) is 0 Å². The fraction of sp³-hybridized carbons (Fsp3) is 0.438. The van der Waals surface area contributed by atoms with Crippen molar-refractivity contribution < 1.29 is 4.74 Å². The number of methoxy groups -OCH3 is 1. The molecule has 0 amide bonds. The first-order valence-electron chi connectivity index (χ1n) is 7.55. The number of nitrogens with zero attached hydrogens (tertiary/aromatic N) is 5. The van der Waals surface area contributed by atoms with Crippen molar-refractivity contribution in [1.82, 2.24) is 9.80 Å². The fourth-order valence-corrected chi connectivity index (χ4v) is 3.12. The minimum atomic E-state index is -0.0143. The van der Waals surface area contributed by atoms with Gasteiger partial charge in [0.05, 0.1) is 18.5 Å². The molecular formula is C16H19N5O. The number of hydrogen-bond donors (Lipinski definition) is 0. The molecule has 114 valence electrons. The van der Waals surface area contributed by atoms with Crippen LogP contribution in [0.25, 0.3) is 0 Å². The summed E-state index contributed by atoms with van der Waals surface area (Å²) in [5.74, 6) is 0.830. The molecule has 1 aromatic carbocycles. The van der Waals surface area contributed by atoms with Gasteiger partial charge in [-0.3, -0.25) is 4.90 Å². The maximum atomic E-state index is 5.32. The van der Waals surface area contributed by atoms with Crippen LogP contribution in [0.3, 0.4) is 0 Å². The molecule has 6 heteroatoms. The van der Waals surface area contributed by atoms with Gasteiger partial charge in [-0.1, -0.05) is 0 Å². The van der Waals surface area contributed by atoms with Gasteiger partial charge in [-0.15, -0.1) is 0 Å². The van der Waals surface area contributed by atoms with Crippen LogP contribution < -0.4 is 4.74 Å². The van der Waals surface area contributed by atoms with Crippen LogP contribution >= 0.6 is 0 Å². The van der Waals surface area contributed by atoms with E-state index in [2.05, 4.69) is 26.8 Å². The summed E-state index contributed by atoms with van der Waals surface area (Å²) in [4.78, 5) is 18.6. The molecule has 0 aromatic heterocycles. The third-order valence-corrected chi connectivity index (χ3v) is 4.47. The SMILES string of the molecule is COc1ccc2c(c1)C1=NC=NC(N3CCN(C)CC3)C1=N2. The van der Waals surface area contributed by atoms with Crippen molar-refractivity contribution in [3.8, 4) is 5.75 Å². The molecule has 0 N–H and O–H groups in total. The number of rotatable bonds is 2. The standard InChI is InChI=1S/C16H19N5O/c1-20-5-7-21(8-6-20)16-15-14(17-10-18-16)12-9-11(22-2)3-4-13(12)19-15/h3-4,9-10,16H,5-8H2,1-2H3. The van der Waals surface area contributed by atoms with E-state index in [9.17, 15) is 0 Å². The minimum absolute atomic E-state index is 0.0143. The lowest BCUT2D eigenvalue weighted by molar-refractivity contribution is 0.140. The van der Waals surface area contributed by atoms with Gasteiger partial charge in [0.1, 0.15) is 24.0 Å². The van der Waals surface area contributed by atoms with E-state index in [4.69, 9.17) is 9.73 Å². The van der Waals surface area contributed by atoms with Crippen molar-refractivity contribution in [2.75, 3.05) is 40.3 Å². The largest absolute Gasteiger partial charge is 0.497 e. The normalized spacial score (nSPS) is 24.5. The zero-order valence-corrected chi connectivity index (χ0v) is 12.9. The Morgan fingerprint density at radius 2 is 2.00 bits per heavy atom. The first kappa shape index (κ1) is 13.6. The summed E-state index contributed by atoms with van der Waals surface area (Å²) in [6.07, 6.45) is 1.66. The average Bonchev–Trinajstić information content (AvgIpc) is 2.93. The van der Waals surface area contributed by atoms with Gasteiger partial charge in [0, 0.05) is 31.7 Å². The molecule has 0 saturated carbocycles. The Morgan fingerprint density at radius 3 is 2.77 bits per heavy atom. The van der Waals surface area contributed by atoms with Crippen molar-refractivity contribution in [2.24, 2.45) is 15.0 Å². The van der Waals surface area contributed by atoms with Crippen molar-refractivity contribution in [1.29, 1.82) is 0 Å². The van der Waals surface area contributed by atoms with E-state index in [1.54, 1.807) is 13.4 Å². The van der Waals surface area contributed by atoms with Crippen LogP contribution in [0.1, 0.15) is 5.56 Å². The third kappa shape index (κ3) is 2.15. The number of fused-ring (bicyclic) bond motifs is 3. The summed E-state index contributed by atoms with van der Waals surface area (Å²) in [7, 11) is 3.83. The van der Waals surface area contributed by atoms with Crippen LogP contribution in [0.2, 0.25) is 0 Å². The van der Waals surface area contributed by atoms with Gasteiger partial charge in [0.25, 0.3) is 0 Å². The number of likely N-dealkylation sites (N-methyl/N-ethyl adjacent to an activating group) is 1. The lowest BCUT2D eigenvalue weighted by atomic mass is 10.0. The van der Waals surface area contributed by atoms with Gasteiger partial charge in [-0.25, -0.2) is 15.0 Å². The highest BCUT2D eigenvalue weighted by Crippen LogP contribution is 2.33. The highest BCUT2D eigenvalue weighted by molar-refractivity contribution is 6.55.